The Morgan fingerprint density at radius 2 is 1.58 bits per heavy atom. The molecular formula is C29H20N4O3. The van der Waals surface area contributed by atoms with E-state index in [1.54, 1.807) is 16.8 Å². The van der Waals surface area contributed by atoms with Gasteiger partial charge in [-0.2, -0.15) is 9.67 Å². The molecule has 4 aromatic rings. The molecule has 0 unspecified atom stereocenters. The molecule has 36 heavy (non-hydrogen) atoms. The van der Waals surface area contributed by atoms with Gasteiger partial charge in [0.25, 0.3) is 5.91 Å². The lowest BCUT2D eigenvalue weighted by atomic mass is 10.0. The molecule has 0 N–H and O–H groups in total. The smallest absolute Gasteiger partial charge is 0.258 e. The van der Waals surface area contributed by atoms with Crippen molar-refractivity contribution in [3.63, 3.8) is 0 Å². The number of carbonyl (C=O) groups excluding carboxylic acids is 2. The van der Waals surface area contributed by atoms with Crippen LogP contribution in [0.4, 0.5) is 5.95 Å². The number of rotatable bonds is 3. The minimum absolute atomic E-state index is 0.128. The Morgan fingerprint density at radius 1 is 0.833 bits per heavy atom. The Kier molecular flexibility index (Phi) is 4.43. The number of benzene rings is 3. The molecule has 174 valence electrons. The molecule has 3 aromatic carbocycles. The van der Waals surface area contributed by atoms with Crippen LogP contribution in [-0.2, 0) is 20.7 Å². The third kappa shape index (κ3) is 3.10. The fraction of sp³-hybridized carbons (Fsp3) is 0.103. The highest BCUT2D eigenvalue weighted by atomic mass is 16.5. The molecular weight excluding hydrogens is 452 g/mol. The van der Waals surface area contributed by atoms with Gasteiger partial charge in [0.2, 0.25) is 5.95 Å². The topological polar surface area (TPSA) is 77.3 Å². The first-order valence-electron chi connectivity index (χ1n) is 11.7. The largest absolute Gasteiger partial charge is 0.338 e. The number of ketones is 1. The van der Waals surface area contributed by atoms with Gasteiger partial charge in [0.15, 0.2) is 17.3 Å². The fourth-order valence-corrected chi connectivity index (χ4v) is 5.13. The molecule has 1 aliphatic heterocycles. The Hall–Kier alpha value is -4.62. The molecule has 3 aliphatic rings. The highest BCUT2D eigenvalue weighted by molar-refractivity contribution is 6.03. The van der Waals surface area contributed by atoms with Crippen LogP contribution in [0.25, 0.3) is 28.2 Å². The number of hydrogen-bond donors (Lipinski definition) is 0. The van der Waals surface area contributed by atoms with Crippen LogP contribution in [0, 0.1) is 0 Å². The highest BCUT2D eigenvalue weighted by Gasteiger charge is 2.48. The number of anilines is 1. The first-order chi connectivity index (χ1) is 17.6. The van der Waals surface area contributed by atoms with E-state index in [9.17, 15) is 9.59 Å². The molecule has 7 nitrogen and oxygen atoms in total. The first-order valence-corrected chi connectivity index (χ1v) is 11.7. The summed E-state index contributed by atoms with van der Waals surface area (Å²) in [6.45, 7) is -0.128. The van der Waals surface area contributed by atoms with Gasteiger partial charge in [-0.25, -0.2) is 4.90 Å². The zero-order valence-corrected chi connectivity index (χ0v) is 19.2. The predicted molar refractivity (Wildman–Crippen MR) is 134 cm³/mol. The number of para-hydroxylation sites is 1. The Bertz CT molecular complexity index is 1600. The number of ether oxygens (including phenoxy) is 1. The molecule has 1 amide bonds. The van der Waals surface area contributed by atoms with E-state index < -0.39 is 5.72 Å². The lowest BCUT2D eigenvalue weighted by Gasteiger charge is -2.31. The van der Waals surface area contributed by atoms with E-state index in [-0.39, 0.29) is 18.3 Å². The molecule has 2 heterocycles. The van der Waals surface area contributed by atoms with E-state index in [2.05, 4.69) is 36.4 Å². The number of fused-ring (bicyclic) bond motifs is 3. The number of hydrogen-bond acceptors (Lipinski definition) is 5. The summed E-state index contributed by atoms with van der Waals surface area (Å²) >= 11 is 0. The maximum Gasteiger partial charge on any atom is 0.258 e. The summed E-state index contributed by atoms with van der Waals surface area (Å²) in [4.78, 5) is 31.2. The summed E-state index contributed by atoms with van der Waals surface area (Å²) in [6.07, 6.45) is 6.87. The van der Waals surface area contributed by atoms with E-state index in [0.717, 1.165) is 17.7 Å². The SMILES string of the molecule is O=C1C=CC2(C=C1)OCC(=O)N2c1nc(-c2ccc3c(c2)Cc2ccccc2-3)nn1-c1ccccc1. The average molecular weight is 473 g/mol. The Morgan fingerprint density at radius 3 is 2.42 bits per heavy atom. The number of carbonyl (C=O) groups is 2. The van der Waals surface area contributed by atoms with E-state index in [4.69, 9.17) is 14.8 Å². The summed E-state index contributed by atoms with van der Waals surface area (Å²) in [5, 5.41) is 4.84. The van der Waals surface area contributed by atoms with Gasteiger partial charge in [-0.1, -0.05) is 54.6 Å². The molecule has 7 heteroatoms. The maximum atomic E-state index is 13.1. The minimum atomic E-state index is -1.22. The van der Waals surface area contributed by atoms with Crippen LogP contribution in [-0.4, -0.2) is 38.8 Å². The third-order valence-corrected chi connectivity index (χ3v) is 6.84. The number of nitrogens with zero attached hydrogens (tertiary/aromatic N) is 4. The van der Waals surface area contributed by atoms with Gasteiger partial charge in [-0.3, -0.25) is 9.59 Å². The lowest BCUT2D eigenvalue weighted by molar-refractivity contribution is -0.117. The van der Waals surface area contributed by atoms with Crippen molar-refractivity contribution in [3.05, 3.63) is 108 Å². The van der Waals surface area contributed by atoms with Gasteiger partial charge in [-0.15, -0.1) is 5.10 Å². The molecule has 0 atom stereocenters. The Labute approximate surface area is 207 Å². The van der Waals surface area contributed by atoms with Crippen LogP contribution >= 0.6 is 0 Å². The normalized spacial score (nSPS) is 17.2. The van der Waals surface area contributed by atoms with Crippen molar-refractivity contribution in [2.75, 3.05) is 11.5 Å². The van der Waals surface area contributed by atoms with Crippen LogP contribution in [0.15, 0.2) is 97.1 Å². The average Bonchev–Trinajstić information content (AvgIpc) is 3.59. The third-order valence-electron chi connectivity index (χ3n) is 6.84. The molecule has 0 saturated carbocycles. The van der Waals surface area contributed by atoms with Gasteiger partial charge in [0, 0.05) is 5.56 Å². The minimum Gasteiger partial charge on any atom is -0.338 e. The molecule has 1 saturated heterocycles. The van der Waals surface area contributed by atoms with E-state index in [1.807, 2.05) is 36.4 Å². The molecule has 1 fully saturated rings. The summed E-state index contributed by atoms with van der Waals surface area (Å²) < 4.78 is 7.54. The van der Waals surface area contributed by atoms with Crippen LogP contribution in [0.2, 0.25) is 0 Å². The maximum absolute atomic E-state index is 13.1. The van der Waals surface area contributed by atoms with Gasteiger partial charge in [0.1, 0.15) is 6.61 Å². The van der Waals surface area contributed by atoms with Crippen molar-refractivity contribution in [2.24, 2.45) is 0 Å². The van der Waals surface area contributed by atoms with Crippen molar-refractivity contribution >= 4 is 17.6 Å². The van der Waals surface area contributed by atoms with Crippen LogP contribution in [0.1, 0.15) is 11.1 Å². The molecule has 2 aliphatic carbocycles. The molecule has 0 radical (unpaired) electrons. The number of allylic oxidation sites excluding steroid dienone is 2. The lowest BCUT2D eigenvalue weighted by Crippen LogP contribution is -2.46. The predicted octanol–water partition coefficient (Wildman–Crippen LogP) is 4.26. The van der Waals surface area contributed by atoms with Gasteiger partial charge in [-0.05, 0) is 71.2 Å². The second-order valence-corrected chi connectivity index (χ2v) is 9.03. The van der Waals surface area contributed by atoms with Crippen LogP contribution in [0.3, 0.4) is 0 Å². The standard InChI is InChI=1S/C29H20N4O3/c34-23-12-14-29(15-13-23)32(26(35)18-36-29)28-30-27(31-33(28)22-7-2-1-3-8-22)20-10-11-25-21(17-20)16-19-6-4-5-9-24(19)25/h1-15,17H,16,18H2. The number of amides is 1. The van der Waals surface area contributed by atoms with E-state index >= 15 is 0 Å². The zero-order valence-electron chi connectivity index (χ0n) is 19.2. The first kappa shape index (κ1) is 20.7. The molecule has 1 aromatic heterocycles. The van der Waals surface area contributed by atoms with Crippen molar-refractivity contribution in [3.8, 4) is 28.2 Å². The summed E-state index contributed by atoms with van der Waals surface area (Å²) in [6, 6.07) is 24.2. The van der Waals surface area contributed by atoms with Crippen molar-refractivity contribution in [2.45, 2.75) is 12.1 Å². The summed E-state index contributed by atoms with van der Waals surface area (Å²) in [5.41, 5.74) is 5.41. The Balaban J connectivity index is 1.37. The van der Waals surface area contributed by atoms with Crippen LogP contribution < -0.4 is 4.90 Å². The second kappa shape index (κ2) is 7.69. The van der Waals surface area contributed by atoms with Gasteiger partial charge in [0.05, 0.1) is 5.69 Å². The quantitative estimate of drug-likeness (QED) is 0.392. The van der Waals surface area contributed by atoms with Crippen LogP contribution in [0.5, 0.6) is 0 Å². The second-order valence-electron chi connectivity index (χ2n) is 9.03. The van der Waals surface area contributed by atoms with Crippen molar-refractivity contribution in [1.82, 2.24) is 14.8 Å². The van der Waals surface area contributed by atoms with E-state index in [1.165, 1.54) is 39.3 Å². The molecule has 7 rings (SSSR count). The van der Waals surface area contributed by atoms with Crippen molar-refractivity contribution < 1.29 is 14.3 Å². The highest BCUT2D eigenvalue weighted by Crippen LogP contribution is 2.39. The summed E-state index contributed by atoms with van der Waals surface area (Å²) in [7, 11) is 0. The monoisotopic (exact) mass is 472 g/mol. The van der Waals surface area contributed by atoms with Crippen molar-refractivity contribution in [1.29, 1.82) is 0 Å². The van der Waals surface area contributed by atoms with Gasteiger partial charge >= 0.3 is 0 Å². The van der Waals surface area contributed by atoms with E-state index in [0.29, 0.717) is 11.8 Å². The number of aromatic nitrogens is 3. The molecule has 0 bridgehead atoms. The summed E-state index contributed by atoms with van der Waals surface area (Å²) in [5.74, 6) is 0.403. The fourth-order valence-electron chi connectivity index (χ4n) is 5.13. The van der Waals surface area contributed by atoms with Gasteiger partial charge < -0.3 is 4.74 Å². The zero-order chi connectivity index (χ0) is 24.3. The molecule has 1 spiro atoms.